The molecular weight excluding hydrogens is 204 g/mol. The molecule has 1 rings (SSSR count). The van der Waals surface area contributed by atoms with Crippen molar-refractivity contribution in [3.63, 3.8) is 0 Å². The van der Waals surface area contributed by atoms with Gasteiger partial charge in [-0.05, 0) is 12.8 Å². The second kappa shape index (κ2) is 5.32. The highest BCUT2D eigenvalue weighted by atomic mass is 16.2. The van der Waals surface area contributed by atoms with Gasteiger partial charge in [-0.1, -0.05) is 12.8 Å². The molecule has 4 heteroatoms. The van der Waals surface area contributed by atoms with Crippen molar-refractivity contribution in [2.24, 2.45) is 11.8 Å². The van der Waals surface area contributed by atoms with Crippen LogP contribution in [-0.4, -0.2) is 49.8 Å². The lowest BCUT2D eigenvalue weighted by Gasteiger charge is -2.32. The molecule has 92 valence electrons. The maximum Gasteiger partial charge on any atom is 0.225 e. The molecule has 1 saturated carbocycles. The Hall–Kier alpha value is -1.06. The number of hydrogen-bond donors (Lipinski definition) is 0. The van der Waals surface area contributed by atoms with Crippen LogP contribution in [0.3, 0.4) is 0 Å². The van der Waals surface area contributed by atoms with Gasteiger partial charge in [0.05, 0.1) is 0 Å². The van der Waals surface area contributed by atoms with Gasteiger partial charge in [0.15, 0.2) is 0 Å². The standard InChI is InChI=1S/C12H22N2O2/c1-13(2)11(15)9-7-5-6-8-10(9)12(16)14(3)4/h9-10H,5-8H2,1-4H3/t9-,10-/m1/s1. The highest BCUT2D eigenvalue weighted by molar-refractivity contribution is 5.87. The molecule has 2 atom stereocenters. The van der Waals surface area contributed by atoms with Crippen LogP contribution >= 0.6 is 0 Å². The Labute approximate surface area is 97.6 Å². The first kappa shape index (κ1) is 13.0. The van der Waals surface area contributed by atoms with Crippen molar-refractivity contribution in [2.45, 2.75) is 25.7 Å². The summed E-state index contributed by atoms with van der Waals surface area (Å²) < 4.78 is 0. The minimum absolute atomic E-state index is 0.0971. The lowest BCUT2D eigenvalue weighted by molar-refractivity contribution is -0.145. The molecule has 1 aliphatic rings. The van der Waals surface area contributed by atoms with Gasteiger partial charge in [-0.3, -0.25) is 9.59 Å². The van der Waals surface area contributed by atoms with Crippen LogP contribution in [0, 0.1) is 11.8 Å². The molecule has 0 unspecified atom stereocenters. The fraction of sp³-hybridized carbons (Fsp3) is 0.833. The quantitative estimate of drug-likeness (QED) is 0.704. The van der Waals surface area contributed by atoms with Crippen LogP contribution in [-0.2, 0) is 9.59 Å². The minimum atomic E-state index is -0.112. The van der Waals surface area contributed by atoms with Gasteiger partial charge in [-0.2, -0.15) is 0 Å². The summed E-state index contributed by atoms with van der Waals surface area (Å²) in [4.78, 5) is 27.2. The molecule has 1 fully saturated rings. The van der Waals surface area contributed by atoms with Gasteiger partial charge >= 0.3 is 0 Å². The minimum Gasteiger partial charge on any atom is -0.349 e. The lowest BCUT2D eigenvalue weighted by atomic mass is 9.77. The van der Waals surface area contributed by atoms with Crippen molar-refractivity contribution >= 4 is 11.8 Å². The van der Waals surface area contributed by atoms with Crippen molar-refractivity contribution in [2.75, 3.05) is 28.2 Å². The van der Waals surface area contributed by atoms with E-state index in [0.29, 0.717) is 0 Å². The summed E-state index contributed by atoms with van der Waals surface area (Å²) in [6, 6.07) is 0. The molecule has 0 saturated heterocycles. The number of amides is 2. The molecule has 2 amide bonds. The summed E-state index contributed by atoms with van der Waals surface area (Å²) in [5.74, 6) is -0.0305. The SMILES string of the molecule is CN(C)C(=O)[C@@H]1CCCC[C@H]1C(=O)N(C)C. The first-order chi connectivity index (χ1) is 7.45. The highest BCUT2D eigenvalue weighted by Gasteiger charge is 2.36. The number of carbonyl (C=O) groups is 2. The van der Waals surface area contributed by atoms with E-state index >= 15 is 0 Å². The van der Waals surface area contributed by atoms with E-state index in [0.717, 1.165) is 25.7 Å². The molecule has 16 heavy (non-hydrogen) atoms. The Morgan fingerprint density at radius 3 is 1.38 bits per heavy atom. The molecule has 0 bridgehead atoms. The molecular formula is C12H22N2O2. The van der Waals surface area contributed by atoms with Gasteiger partial charge in [0.2, 0.25) is 11.8 Å². The smallest absolute Gasteiger partial charge is 0.225 e. The summed E-state index contributed by atoms with van der Waals surface area (Å²) in [5.41, 5.74) is 0. The van der Waals surface area contributed by atoms with Crippen LogP contribution in [0.25, 0.3) is 0 Å². The van der Waals surface area contributed by atoms with Gasteiger partial charge in [-0.15, -0.1) is 0 Å². The van der Waals surface area contributed by atoms with Gasteiger partial charge in [0.25, 0.3) is 0 Å². The molecule has 1 aliphatic carbocycles. The van der Waals surface area contributed by atoms with E-state index in [1.807, 2.05) is 0 Å². The molecule has 0 aromatic rings. The molecule has 0 aromatic carbocycles. The summed E-state index contributed by atoms with van der Waals surface area (Å²) in [6.45, 7) is 0. The molecule has 0 radical (unpaired) electrons. The highest BCUT2D eigenvalue weighted by Crippen LogP contribution is 2.32. The van der Waals surface area contributed by atoms with Crippen LogP contribution in [0.5, 0.6) is 0 Å². The van der Waals surface area contributed by atoms with Crippen LogP contribution in [0.2, 0.25) is 0 Å². The Balaban J connectivity index is 2.79. The van der Waals surface area contributed by atoms with Crippen LogP contribution in [0.4, 0.5) is 0 Å². The second-order valence-electron chi connectivity index (χ2n) is 4.96. The van der Waals surface area contributed by atoms with Gasteiger partial charge in [-0.25, -0.2) is 0 Å². The zero-order chi connectivity index (χ0) is 12.3. The van der Waals surface area contributed by atoms with E-state index in [2.05, 4.69) is 0 Å². The van der Waals surface area contributed by atoms with E-state index in [1.54, 1.807) is 38.0 Å². The molecule has 0 N–H and O–H groups in total. The molecule has 0 aliphatic heterocycles. The number of nitrogens with zero attached hydrogens (tertiary/aromatic N) is 2. The van der Waals surface area contributed by atoms with Crippen LogP contribution in [0.1, 0.15) is 25.7 Å². The van der Waals surface area contributed by atoms with Gasteiger partial charge < -0.3 is 9.80 Å². The number of hydrogen-bond acceptors (Lipinski definition) is 2. The Kier molecular flexibility index (Phi) is 4.33. The van der Waals surface area contributed by atoms with E-state index in [-0.39, 0.29) is 23.7 Å². The van der Waals surface area contributed by atoms with E-state index < -0.39 is 0 Å². The third kappa shape index (κ3) is 2.74. The molecule has 0 heterocycles. The third-order valence-electron chi connectivity index (χ3n) is 3.28. The predicted molar refractivity (Wildman–Crippen MR) is 62.8 cm³/mol. The predicted octanol–water partition coefficient (Wildman–Crippen LogP) is 0.969. The van der Waals surface area contributed by atoms with Gasteiger partial charge in [0, 0.05) is 40.0 Å². The van der Waals surface area contributed by atoms with Crippen molar-refractivity contribution < 1.29 is 9.59 Å². The second-order valence-corrected chi connectivity index (χ2v) is 4.96. The zero-order valence-electron chi connectivity index (χ0n) is 10.7. The first-order valence-electron chi connectivity index (χ1n) is 5.87. The lowest BCUT2D eigenvalue weighted by Crippen LogP contribution is -2.42. The van der Waals surface area contributed by atoms with Crippen molar-refractivity contribution in [3.05, 3.63) is 0 Å². The maximum atomic E-state index is 12.0. The van der Waals surface area contributed by atoms with E-state index in [1.165, 1.54) is 0 Å². The van der Waals surface area contributed by atoms with Crippen molar-refractivity contribution in [1.82, 2.24) is 9.80 Å². The Morgan fingerprint density at radius 1 is 0.812 bits per heavy atom. The van der Waals surface area contributed by atoms with E-state index in [9.17, 15) is 9.59 Å². The average Bonchev–Trinajstić information content (AvgIpc) is 2.26. The van der Waals surface area contributed by atoms with Crippen LogP contribution < -0.4 is 0 Å². The van der Waals surface area contributed by atoms with Crippen molar-refractivity contribution in [1.29, 1.82) is 0 Å². The average molecular weight is 226 g/mol. The summed E-state index contributed by atoms with van der Waals surface area (Å²) in [5, 5.41) is 0. The largest absolute Gasteiger partial charge is 0.349 e. The van der Waals surface area contributed by atoms with Crippen molar-refractivity contribution in [3.8, 4) is 0 Å². The molecule has 0 aromatic heterocycles. The van der Waals surface area contributed by atoms with Crippen LogP contribution in [0.15, 0.2) is 0 Å². The molecule has 4 nitrogen and oxygen atoms in total. The summed E-state index contributed by atoms with van der Waals surface area (Å²) >= 11 is 0. The number of carbonyl (C=O) groups excluding carboxylic acids is 2. The van der Waals surface area contributed by atoms with Gasteiger partial charge in [0.1, 0.15) is 0 Å². The first-order valence-corrected chi connectivity index (χ1v) is 5.87. The zero-order valence-corrected chi connectivity index (χ0v) is 10.7. The normalized spacial score (nSPS) is 25.0. The monoisotopic (exact) mass is 226 g/mol. The Morgan fingerprint density at radius 2 is 1.12 bits per heavy atom. The summed E-state index contributed by atoms with van der Waals surface area (Å²) in [6.07, 6.45) is 3.81. The number of rotatable bonds is 2. The topological polar surface area (TPSA) is 40.6 Å². The fourth-order valence-corrected chi connectivity index (χ4v) is 2.39. The molecule has 0 spiro atoms. The maximum absolute atomic E-state index is 12.0. The van der Waals surface area contributed by atoms with E-state index in [4.69, 9.17) is 0 Å². The fourth-order valence-electron chi connectivity index (χ4n) is 2.39. The third-order valence-corrected chi connectivity index (χ3v) is 3.28. The Bertz CT molecular complexity index is 246. The summed E-state index contributed by atoms with van der Waals surface area (Å²) in [7, 11) is 7.03.